The van der Waals surface area contributed by atoms with Crippen LogP contribution in [-0.4, -0.2) is 9.97 Å². The highest BCUT2D eigenvalue weighted by atomic mass is 35.5. The van der Waals surface area contributed by atoms with Crippen molar-refractivity contribution in [3.05, 3.63) is 77.4 Å². The molecule has 1 atom stereocenters. The van der Waals surface area contributed by atoms with E-state index in [0.29, 0.717) is 5.92 Å². The molecule has 3 heteroatoms. The van der Waals surface area contributed by atoms with Crippen LogP contribution in [0, 0.1) is 0 Å². The van der Waals surface area contributed by atoms with Crippen LogP contribution >= 0.6 is 12.4 Å². The molecule has 0 radical (unpaired) electrons. The van der Waals surface area contributed by atoms with E-state index in [9.17, 15) is 0 Å². The topological polar surface area (TPSA) is 28.7 Å². The summed E-state index contributed by atoms with van der Waals surface area (Å²) in [5.41, 5.74) is 6.97. The fraction of sp³-hybridized carbons (Fsp3) is 0.167. The van der Waals surface area contributed by atoms with Crippen LogP contribution in [0.1, 0.15) is 35.4 Å². The predicted octanol–water partition coefficient (Wildman–Crippen LogP) is 4.55. The molecule has 2 aromatic carbocycles. The van der Waals surface area contributed by atoms with Gasteiger partial charge in [0.25, 0.3) is 0 Å². The molecule has 0 aliphatic heterocycles. The minimum Gasteiger partial charge on any atom is -0.348 e. The van der Waals surface area contributed by atoms with E-state index in [1.807, 2.05) is 12.4 Å². The smallest absolute Gasteiger partial charge is 0.113 e. The molecule has 0 saturated heterocycles. The van der Waals surface area contributed by atoms with Crippen molar-refractivity contribution in [2.24, 2.45) is 0 Å². The Balaban J connectivity index is 0.00000132. The van der Waals surface area contributed by atoms with E-state index in [-0.39, 0.29) is 12.4 Å². The lowest BCUT2D eigenvalue weighted by Gasteiger charge is -2.11. The Labute approximate surface area is 130 Å². The Morgan fingerprint density at radius 1 is 1.05 bits per heavy atom. The average Bonchev–Trinajstić information content (AvgIpc) is 3.13. The summed E-state index contributed by atoms with van der Waals surface area (Å²) in [4.78, 5) is 7.58. The second-order valence-electron chi connectivity index (χ2n) is 5.45. The van der Waals surface area contributed by atoms with Crippen LogP contribution in [0.3, 0.4) is 0 Å². The van der Waals surface area contributed by atoms with Gasteiger partial charge in [-0.1, -0.05) is 49.4 Å². The second kappa shape index (κ2) is 5.38. The van der Waals surface area contributed by atoms with Crippen molar-refractivity contribution in [2.75, 3.05) is 0 Å². The van der Waals surface area contributed by atoms with Gasteiger partial charge in [0.05, 0.1) is 0 Å². The van der Waals surface area contributed by atoms with E-state index in [0.717, 1.165) is 12.2 Å². The maximum atomic E-state index is 4.37. The third-order valence-corrected chi connectivity index (χ3v) is 4.25. The minimum absolute atomic E-state index is 0. The monoisotopic (exact) mass is 296 g/mol. The number of nitrogens with zero attached hydrogens (tertiary/aromatic N) is 1. The number of hydrogen-bond donors (Lipinski definition) is 1. The highest BCUT2D eigenvalue weighted by Gasteiger charge is 2.19. The van der Waals surface area contributed by atoms with Gasteiger partial charge in [-0.3, -0.25) is 0 Å². The number of fused-ring (bicyclic) bond motifs is 3. The standard InChI is InChI=1S/C18H16N2.ClH/c1-12(18-19-8-9-20-18)13-6-7-17-15(10-13)11-14-4-2-3-5-16(14)17;/h2-10,12H,11H2,1H3,(H,19,20);1H. The third-order valence-electron chi connectivity index (χ3n) is 4.25. The Morgan fingerprint density at radius 3 is 2.67 bits per heavy atom. The quantitative estimate of drug-likeness (QED) is 0.577. The summed E-state index contributed by atoms with van der Waals surface area (Å²) in [5, 5.41) is 0. The Bertz CT molecular complexity index is 763. The number of aromatic amines is 1. The lowest BCUT2D eigenvalue weighted by atomic mass is 9.96. The van der Waals surface area contributed by atoms with Crippen LogP contribution in [0.25, 0.3) is 11.1 Å². The Hall–Kier alpha value is -2.06. The van der Waals surface area contributed by atoms with Gasteiger partial charge in [-0.25, -0.2) is 4.98 Å². The molecule has 0 bridgehead atoms. The number of halogens is 1. The van der Waals surface area contributed by atoms with Crippen molar-refractivity contribution in [1.29, 1.82) is 0 Å². The summed E-state index contributed by atoms with van der Waals surface area (Å²) in [6, 6.07) is 15.5. The van der Waals surface area contributed by atoms with Gasteiger partial charge in [-0.2, -0.15) is 0 Å². The number of imidazole rings is 1. The third kappa shape index (κ3) is 2.26. The molecule has 1 aliphatic carbocycles. The van der Waals surface area contributed by atoms with Gasteiger partial charge >= 0.3 is 0 Å². The first-order valence-corrected chi connectivity index (χ1v) is 7.03. The predicted molar refractivity (Wildman–Crippen MR) is 88.0 cm³/mol. The van der Waals surface area contributed by atoms with Crippen LogP contribution < -0.4 is 0 Å². The molecule has 1 aromatic heterocycles. The number of aromatic nitrogens is 2. The molecule has 1 heterocycles. The number of rotatable bonds is 2. The van der Waals surface area contributed by atoms with Crippen LogP contribution in [0.15, 0.2) is 54.9 Å². The molecule has 106 valence electrons. The normalized spacial score (nSPS) is 13.2. The number of benzene rings is 2. The summed E-state index contributed by atoms with van der Waals surface area (Å²) in [5.74, 6) is 1.33. The second-order valence-corrected chi connectivity index (χ2v) is 5.45. The van der Waals surface area contributed by atoms with Crippen molar-refractivity contribution in [3.63, 3.8) is 0 Å². The zero-order chi connectivity index (χ0) is 13.5. The van der Waals surface area contributed by atoms with Crippen molar-refractivity contribution in [2.45, 2.75) is 19.3 Å². The SMILES string of the molecule is CC(c1ccc2c(c1)Cc1ccccc1-2)c1ncc[nH]1.Cl. The summed E-state index contributed by atoms with van der Waals surface area (Å²) in [6.45, 7) is 2.20. The molecule has 3 aromatic rings. The lowest BCUT2D eigenvalue weighted by Crippen LogP contribution is -1.99. The maximum Gasteiger partial charge on any atom is 0.113 e. The summed E-state index contributed by atoms with van der Waals surface area (Å²) >= 11 is 0. The van der Waals surface area contributed by atoms with Crippen molar-refractivity contribution in [3.8, 4) is 11.1 Å². The average molecular weight is 297 g/mol. The zero-order valence-corrected chi connectivity index (χ0v) is 12.7. The largest absolute Gasteiger partial charge is 0.348 e. The summed E-state index contributed by atoms with van der Waals surface area (Å²) in [7, 11) is 0. The summed E-state index contributed by atoms with van der Waals surface area (Å²) in [6.07, 6.45) is 4.74. The first kappa shape index (κ1) is 13.9. The molecule has 0 fully saturated rings. The minimum atomic E-state index is 0. The van der Waals surface area contributed by atoms with Crippen LogP contribution in [0.4, 0.5) is 0 Å². The molecule has 1 unspecified atom stereocenters. The van der Waals surface area contributed by atoms with Crippen molar-refractivity contribution < 1.29 is 0 Å². The molecular weight excluding hydrogens is 280 g/mol. The fourth-order valence-electron chi connectivity index (χ4n) is 3.11. The summed E-state index contributed by atoms with van der Waals surface area (Å²) < 4.78 is 0. The van der Waals surface area contributed by atoms with Crippen LogP contribution in [0.2, 0.25) is 0 Å². The molecule has 1 N–H and O–H groups in total. The Morgan fingerprint density at radius 2 is 1.86 bits per heavy atom. The number of hydrogen-bond acceptors (Lipinski definition) is 1. The van der Waals surface area contributed by atoms with Gasteiger partial charge in [-0.15, -0.1) is 12.4 Å². The van der Waals surface area contributed by atoms with Gasteiger partial charge in [-0.05, 0) is 34.2 Å². The molecule has 0 amide bonds. The van der Waals surface area contributed by atoms with Crippen molar-refractivity contribution in [1.82, 2.24) is 9.97 Å². The zero-order valence-electron chi connectivity index (χ0n) is 11.8. The molecule has 4 rings (SSSR count). The van der Waals surface area contributed by atoms with Gasteiger partial charge in [0, 0.05) is 18.3 Å². The van der Waals surface area contributed by atoms with Gasteiger partial charge in [0.15, 0.2) is 0 Å². The van der Waals surface area contributed by atoms with Crippen LogP contribution in [-0.2, 0) is 6.42 Å². The molecular formula is C18H17ClN2. The first-order chi connectivity index (χ1) is 9.83. The maximum absolute atomic E-state index is 4.37. The number of H-pyrrole nitrogens is 1. The molecule has 0 spiro atoms. The van der Waals surface area contributed by atoms with E-state index >= 15 is 0 Å². The van der Waals surface area contributed by atoms with Crippen molar-refractivity contribution >= 4 is 12.4 Å². The number of nitrogens with one attached hydrogen (secondary N) is 1. The molecule has 1 aliphatic rings. The molecule has 21 heavy (non-hydrogen) atoms. The van der Waals surface area contributed by atoms with E-state index in [4.69, 9.17) is 0 Å². The Kier molecular flexibility index (Phi) is 3.56. The lowest BCUT2D eigenvalue weighted by molar-refractivity contribution is 0.838. The van der Waals surface area contributed by atoms with E-state index in [2.05, 4.69) is 59.4 Å². The van der Waals surface area contributed by atoms with Gasteiger partial charge in [0.2, 0.25) is 0 Å². The van der Waals surface area contributed by atoms with E-state index in [1.165, 1.54) is 27.8 Å². The van der Waals surface area contributed by atoms with Crippen LogP contribution in [0.5, 0.6) is 0 Å². The fourth-order valence-corrected chi connectivity index (χ4v) is 3.11. The highest BCUT2D eigenvalue weighted by Crippen LogP contribution is 2.38. The van der Waals surface area contributed by atoms with Gasteiger partial charge in [0.1, 0.15) is 5.82 Å². The van der Waals surface area contributed by atoms with Gasteiger partial charge < -0.3 is 4.98 Å². The molecule has 0 saturated carbocycles. The molecule has 2 nitrogen and oxygen atoms in total. The highest BCUT2D eigenvalue weighted by molar-refractivity contribution is 5.85. The van der Waals surface area contributed by atoms with E-state index in [1.54, 1.807) is 0 Å². The van der Waals surface area contributed by atoms with E-state index < -0.39 is 0 Å². The first-order valence-electron chi connectivity index (χ1n) is 7.03.